The van der Waals surface area contributed by atoms with Gasteiger partial charge in [-0.05, 0) is 70.7 Å². The average molecular weight is 284 g/mol. The van der Waals surface area contributed by atoms with Crippen molar-refractivity contribution < 1.29 is 0 Å². The Morgan fingerprint density at radius 2 is 1.95 bits per heavy atom. The fourth-order valence-corrected chi connectivity index (χ4v) is 2.44. The molecule has 1 rings (SSSR count). The number of hydrogen-bond acceptors (Lipinski definition) is 3. The van der Waals surface area contributed by atoms with E-state index in [0.29, 0.717) is 6.54 Å². The first kappa shape index (κ1) is 16.3. The predicted octanol–water partition coefficient (Wildman–Crippen LogP) is 2.62. The SMILES string of the molecule is CCN(CCCN(C)C)c1ccc(Cl)cc1CCN. The zero-order chi connectivity index (χ0) is 14.3. The van der Waals surface area contributed by atoms with Crippen LogP contribution in [0, 0.1) is 0 Å². The molecule has 0 aliphatic rings. The Morgan fingerprint density at radius 1 is 1.21 bits per heavy atom. The predicted molar refractivity (Wildman–Crippen MR) is 85.3 cm³/mol. The van der Waals surface area contributed by atoms with Crippen LogP contribution in [0.2, 0.25) is 5.02 Å². The van der Waals surface area contributed by atoms with Crippen LogP contribution >= 0.6 is 11.6 Å². The number of benzene rings is 1. The molecule has 0 heterocycles. The molecule has 0 aromatic heterocycles. The Balaban J connectivity index is 2.78. The van der Waals surface area contributed by atoms with Crippen molar-refractivity contribution in [2.75, 3.05) is 45.2 Å². The maximum Gasteiger partial charge on any atom is 0.0410 e. The number of hydrogen-bond donors (Lipinski definition) is 1. The molecule has 1 aromatic rings. The maximum absolute atomic E-state index is 6.08. The van der Waals surface area contributed by atoms with Crippen molar-refractivity contribution >= 4 is 17.3 Å². The van der Waals surface area contributed by atoms with E-state index in [-0.39, 0.29) is 0 Å². The summed E-state index contributed by atoms with van der Waals surface area (Å²) in [6.45, 7) is 6.02. The van der Waals surface area contributed by atoms with Gasteiger partial charge in [0, 0.05) is 23.8 Å². The standard InChI is InChI=1S/C15H26ClN3/c1-4-19(11-5-10-18(2)3)15-7-6-14(16)12-13(15)8-9-17/h6-7,12H,4-5,8-11,17H2,1-3H3. The molecule has 0 bridgehead atoms. The van der Waals surface area contributed by atoms with Crippen LogP contribution < -0.4 is 10.6 Å². The first-order chi connectivity index (χ1) is 9.08. The van der Waals surface area contributed by atoms with Gasteiger partial charge in [0.15, 0.2) is 0 Å². The summed E-state index contributed by atoms with van der Waals surface area (Å²) in [5.41, 5.74) is 8.22. The van der Waals surface area contributed by atoms with Crippen LogP contribution in [0.25, 0.3) is 0 Å². The summed E-state index contributed by atoms with van der Waals surface area (Å²) in [5, 5.41) is 0.788. The van der Waals surface area contributed by atoms with Gasteiger partial charge in [0.2, 0.25) is 0 Å². The Bertz CT molecular complexity index is 380. The normalized spacial score (nSPS) is 11.1. The first-order valence-corrected chi connectivity index (χ1v) is 7.34. The molecule has 0 saturated carbocycles. The summed E-state index contributed by atoms with van der Waals surface area (Å²) >= 11 is 6.08. The van der Waals surface area contributed by atoms with E-state index in [2.05, 4.69) is 36.9 Å². The first-order valence-electron chi connectivity index (χ1n) is 6.96. The smallest absolute Gasteiger partial charge is 0.0410 e. The second kappa shape index (κ2) is 8.41. The highest BCUT2D eigenvalue weighted by Gasteiger charge is 2.10. The summed E-state index contributed by atoms with van der Waals surface area (Å²) in [6, 6.07) is 6.12. The van der Waals surface area contributed by atoms with E-state index in [1.807, 2.05) is 12.1 Å². The van der Waals surface area contributed by atoms with E-state index in [4.69, 9.17) is 17.3 Å². The molecule has 0 atom stereocenters. The zero-order valence-corrected chi connectivity index (χ0v) is 13.1. The average Bonchev–Trinajstić information content (AvgIpc) is 2.36. The zero-order valence-electron chi connectivity index (χ0n) is 12.3. The molecule has 108 valence electrons. The highest BCUT2D eigenvalue weighted by atomic mass is 35.5. The van der Waals surface area contributed by atoms with Crippen molar-refractivity contribution in [1.82, 2.24) is 4.90 Å². The molecule has 0 amide bonds. The Hall–Kier alpha value is -0.770. The molecule has 0 aliphatic heterocycles. The van der Waals surface area contributed by atoms with Gasteiger partial charge in [0.1, 0.15) is 0 Å². The number of halogens is 1. The lowest BCUT2D eigenvalue weighted by Crippen LogP contribution is -2.28. The molecule has 0 spiro atoms. The van der Waals surface area contributed by atoms with Gasteiger partial charge in [-0.2, -0.15) is 0 Å². The molecule has 3 nitrogen and oxygen atoms in total. The van der Waals surface area contributed by atoms with Crippen LogP contribution in [0.5, 0.6) is 0 Å². The van der Waals surface area contributed by atoms with Gasteiger partial charge in [0.25, 0.3) is 0 Å². The Kier molecular flexibility index (Phi) is 7.21. The molecular formula is C15H26ClN3. The maximum atomic E-state index is 6.08. The fraction of sp³-hybridized carbons (Fsp3) is 0.600. The van der Waals surface area contributed by atoms with Gasteiger partial charge in [-0.3, -0.25) is 0 Å². The minimum atomic E-state index is 0.655. The minimum absolute atomic E-state index is 0.655. The summed E-state index contributed by atoms with van der Waals surface area (Å²) in [6.07, 6.45) is 2.03. The number of nitrogens with zero attached hydrogens (tertiary/aromatic N) is 2. The van der Waals surface area contributed by atoms with Crippen LogP contribution in [0.15, 0.2) is 18.2 Å². The van der Waals surface area contributed by atoms with Crippen LogP contribution in [0.3, 0.4) is 0 Å². The lowest BCUT2D eigenvalue weighted by atomic mass is 10.1. The largest absolute Gasteiger partial charge is 0.372 e. The van der Waals surface area contributed by atoms with E-state index in [0.717, 1.165) is 37.5 Å². The number of rotatable bonds is 8. The third-order valence-corrected chi connectivity index (χ3v) is 3.45. The van der Waals surface area contributed by atoms with Crippen LogP contribution in [-0.4, -0.2) is 45.2 Å². The Morgan fingerprint density at radius 3 is 2.53 bits per heavy atom. The molecule has 2 N–H and O–H groups in total. The second-order valence-electron chi connectivity index (χ2n) is 5.05. The molecule has 19 heavy (non-hydrogen) atoms. The second-order valence-corrected chi connectivity index (χ2v) is 5.48. The summed E-state index contributed by atoms with van der Waals surface area (Å²) in [4.78, 5) is 4.63. The van der Waals surface area contributed by atoms with Crippen molar-refractivity contribution in [3.63, 3.8) is 0 Å². The number of anilines is 1. The Labute approximate surface area is 122 Å². The lowest BCUT2D eigenvalue weighted by Gasteiger charge is -2.26. The molecule has 0 fully saturated rings. The summed E-state index contributed by atoms with van der Waals surface area (Å²) in [5.74, 6) is 0. The van der Waals surface area contributed by atoms with E-state index in [1.165, 1.54) is 11.3 Å². The van der Waals surface area contributed by atoms with Crippen molar-refractivity contribution in [2.24, 2.45) is 5.73 Å². The van der Waals surface area contributed by atoms with Crippen LogP contribution in [0.1, 0.15) is 18.9 Å². The van der Waals surface area contributed by atoms with Crippen molar-refractivity contribution in [3.8, 4) is 0 Å². The van der Waals surface area contributed by atoms with E-state index < -0.39 is 0 Å². The molecule has 0 radical (unpaired) electrons. The van der Waals surface area contributed by atoms with Gasteiger partial charge in [-0.25, -0.2) is 0 Å². The monoisotopic (exact) mass is 283 g/mol. The molecule has 0 aliphatic carbocycles. The van der Waals surface area contributed by atoms with Gasteiger partial charge in [-0.15, -0.1) is 0 Å². The van der Waals surface area contributed by atoms with E-state index in [9.17, 15) is 0 Å². The van der Waals surface area contributed by atoms with Crippen molar-refractivity contribution in [3.05, 3.63) is 28.8 Å². The van der Waals surface area contributed by atoms with E-state index in [1.54, 1.807) is 0 Å². The minimum Gasteiger partial charge on any atom is -0.372 e. The van der Waals surface area contributed by atoms with Crippen molar-refractivity contribution in [2.45, 2.75) is 19.8 Å². The summed E-state index contributed by atoms with van der Waals surface area (Å²) in [7, 11) is 4.22. The fourth-order valence-electron chi connectivity index (χ4n) is 2.25. The van der Waals surface area contributed by atoms with E-state index >= 15 is 0 Å². The van der Waals surface area contributed by atoms with Gasteiger partial charge < -0.3 is 15.5 Å². The van der Waals surface area contributed by atoms with Crippen LogP contribution in [0.4, 0.5) is 5.69 Å². The van der Waals surface area contributed by atoms with Gasteiger partial charge >= 0.3 is 0 Å². The van der Waals surface area contributed by atoms with Gasteiger partial charge in [-0.1, -0.05) is 11.6 Å². The third-order valence-electron chi connectivity index (χ3n) is 3.21. The molecular weight excluding hydrogens is 258 g/mol. The number of nitrogens with two attached hydrogens (primary N) is 1. The van der Waals surface area contributed by atoms with Gasteiger partial charge in [0.05, 0.1) is 0 Å². The highest BCUT2D eigenvalue weighted by molar-refractivity contribution is 6.30. The highest BCUT2D eigenvalue weighted by Crippen LogP contribution is 2.25. The molecule has 4 heteroatoms. The lowest BCUT2D eigenvalue weighted by molar-refractivity contribution is 0.400. The van der Waals surface area contributed by atoms with Crippen molar-refractivity contribution in [1.29, 1.82) is 0 Å². The molecule has 0 unspecified atom stereocenters. The quantitative estimate of drug-likeness (QED) is 0.796. The molecule has 0 saturated heterocycles. The van der Waals surface area contributed by atoms with Crippen LogP contribution in [-0.2, 0) is 6.42 Å². The third kappa shape index (κ3) is 5.39. The molecule has 1 aromatic carbocycles. The topological polar surface area (TPSA) is 32.5 Å². The summed E-state index contributed by atoms with van der Waals surface area (Å²) < 4.78 is 0.